The number of aliphatic hydroxyl groups excluding tert-OH is 3. The fourth-order valence-electron chi connectivity index (χ4n) is 5.98. The van der Waals surface area contributed by atoms with E-state index in [0.717, 1.165) is 70.6 Å². The summed E-state index contributed by atoms with van der Waals surface area (Å²) in [5, 5.41) is 30.5. The van der Waals surface area contributed by atoms with Crippen molar-refractivity contribution < 1.29 is 56.2 Å². The zero-order valence-corrected chi connectivity index (χ0v) is 33.4. The Morgan fingerprint density at radius 2 is 1.30 bits per heavy atom. The SMILES string of the molecule is CC/C=C\C/C=C\C/C=C\CCCCCCOCC(COC1OC(CO)C(O)C(OS(=O)(=O)O)C1O)OC(=O)CCCCCCCCCCCCCC. The highest BCUT2D eigenvalue weighted by Crippen LogP contribution is 2.26. The van der Waals surface area contributed by atoms with Crippen molar-refractivity contribution in [1.82, 2.24) is 0 Å². The Labute approximate surface area is 320 Å². The van der Waals surface area contributed by atoms with Crippen LogP contribution in [0.4, 0.5) is 0 Å². The Hall–Kier alpha value is -1.68. The number of ether oxygens (including phenoxy) is 4. The smallest absolute Gasteiger partial charge is 0.397 e. The monoisotopic (exact) mass is 776 g/mol. The molecule has 0 amide bonds. The highest BCUT2D eigenvalue weighted by Gasteiger charge is 2.48. The fourth-order valence-corrected chi connectivity index (χ4v) is 6.49. The molecule has 0 bridgehead atoms. The summed E-state index contributed by atoms with van der Waals surface area (Å²) in [6.45, 7) is 3.80. The number of esters is 1. The van der Waals surface area contributed by atoms with E-state index >= 15 is 0 Å². The lowest BCUT2D eigenvalue weighted by Gasteiger charge is -2.41. The summed E-state index contributed by atoms with van der Waals surface area (Å²) in [5.41, 5.74) is 0. The molecule has 0 spiro atoms. The molecular formula is C40H72O12S. The Bertz CT molecular complexity index is 1080. The molecule has 310 valence electrons. The number of hydrogen-bond donors (Lipinski definition) is 4. The molecule has 0 saturated carbocycles. The highest BCUT2D eigenvalue weighted by atomic mass is 32.3. The van der Waals surface area contributed by atoms with E-state index in [1.54, 1.807) is 0 Å². The van der Waals surface area contributed by atoms with Crippen molar-refractivity contribution >= 4 is 16.4 Å². The molecule has 4 N–H and O–H groups in total. The highest BCUT2D eigenvalue weighted by molar-refractivity contribution is 7.80. The van der Waals surface area contributed by atoms with Crippen molar-refractivity contribution in [3.8, 4) is 0 Å². The molecule has 53 heavy (non-hydrogen) atoms. The lowest BCUT2D eigenvalue weighted by Crippen LogP contribution is -2.60. The van der Waals surface area contributed by atoms with Gasteiger partial charge in [-0.3, -0.25) is 9.35 Å². The van der Waals surface area contributed by atoms with Crippen LogP contribution in [0.3, 0.4) is 0 Å². The van der Waals surface area contributed by atoms with Gasteiger partial charge in [-0.1, -0.05) is 134 Å². The van der Waals surface area contributed by atoms with Crippen LogP contribution in [0.2, 0.25) is 0 Å². The maximum atomic E-state index is 12.8. The molecule has 0 aliphatic carbocycles. The first kappa shape index (κ1) is 49.3. The average Bonchev–Trinajstić information content (AvgIpc) is 3.12. The van der Waals surface area contributed by atoms with Crippen LogP contribution in [-0.4, -0.2) is 97.5 Å². The number of unbranched alkanes of at least 4 members (excludes halogenated alkanes) is 15. The van der Waals surface area contributed by atoms with Crippen molar-refractivity contribution in [2.45, 2.75) is 185 Å². The zero-order valence-electron chi connectivity index (χ0n) is 32.6. The van der Waals surface area contributed by atoms with Crippen LogP contribution in [0, 0.1) is 0 Å². The Morgan fingerprint density at radius 1 is 0.736 bits per heavy atom. The summed E-state index contributed by atoms with van der Waals surface area (Å²) < 4.78 is 58.8. The van der Waals surface area contributed by atoms with Gasteiger partial charge in [-0.25, -0.2) is 4.18 Å². The molecule has 1 heterocycles. The third-order valence-corrected chi connectivity index (χ3v) is 9.49. The van der Waals surface area contributed by atoms with E-state index < -0.39 is 59.8 Å². The summed E-state index contributed by atoms with van der Waals surface area (Å²) in [7, 11) is -5.06. The second kappa shape index (κ2) is 32.6. The molecular weight excluding hydrogens is 704 g/mol. The molecule has 6 atom stereocenters. The average molecular weight is 777 g/mol. The number of hydrogen-bond acceptors (Lipinski definition) is 11. The minimum Gasteiger partial charge on any atom is -0.457 e. The van der Waals surface area contributed by atoms with E-state index in [9.17, 15) is 28.5 Å². The van der Waals surface area contributed by atoms with Gasteiger partial charge in [0.25, 0.3) is 0 Å². The van der Waals surface area contributed by atoms with E-state index in [1.807, 2.05) is 0 Å². The summed E-state index contributed by atoms with van der Waals surface area (Å²) in [6.07, 6.45) is 26.1. The van der Waals surface area contributed by atoms with E-state index in [-0.39, 0.29) is 19.6 Å². The van der Waals surface area contributed by atoms with Gasteiger partial charge in [-0.05, 0) is 44.9 Å². The Kier molecular flexibility index (Phi) is 30.3. The molecule has 1 aliphatic rings. The summed E-state index contributed by atoms with van der Waals surface area (Å²) in [6, 6.07) is 0. The second-order valence-corrected chi connectivity index (χ2v) is 14.9. The number of aliphatic hydroxyl groups is 3. The Balaban J connectivity index is 2.51. The van der Waals surface area contributed by atoms with E-state index in [1.165, 1.54) is 51.4 Å². The quantitative estimate of drug-likeness (QED) is 0.0220. The fraction of sp³-hybridized carbons (Fsp3) is 0.825. The molecule has 1 saturated heterocycles. The van der Waals surface area contributed by atoms with Crippen molar-refractivity contribution in [2.24, 2.45) is 0 Å². The lowest BCUT2D eigenvalue weighted by atomic mass is 9.99. The van der Waals surface area contributed by atoms with Crippen LogP contribution in [0.1, 0.15) is 149 Å². The van der Waals surface area contributed by atoms with Crippen LogP contribution in [0.25, 0.3) is 0 Å². The standard InChI is InChI=1S/C40H72O12S/c1-3-5-7-9-11-13-15-17-18-20-22-24-26-28-30-48-32-34(50-36(42)29-27-25-23-21-19-16-14-12-10-8-6-4-2)33-49-40-38(44)39(52-53(45,46)47)37(43)35(31-41)51-40/h5,7,11,13,17-18,34-35,37-41,43-44H,3-4,6,8-10,12,14-16,19-33H2,1-2H3,(H,45,46,47)/b7-5-,13-11-,18-17-. The van der Waals surface area contributed by atoms with Gasteiger partial charge in [0.15, 0.2) is 6.29 Å². The zero-order chi connectivity index (χ0) is 39.0. The van der Waals surface area contributed by atoms with Gasteiger partial charge in [0.2, 0.25) is 0 Å². The van der Waals surface area contributed by atoms with Crippen LogP contribution in [0.5, 0.6) is 0 Å². The molecule has 0 radical (unpaired) electrons. The molecule has 0 aromatic carbocycles. The summed E-state index contributed by atoms with van der Waals surface area (Å²) >= 11 is 0. The number of carbonyl (C=O) groups is 1. The maximum absolute atomic E-state index is 12.8. The summed E-state index contributed by atoms with van der Waals surface area (Å²) in [5.74, 6) is -0.410. The third kappa shape index (κ3) is 26.7. The molecule has 6 unspecified atom stereocenters. The van der Waals surface area contributed by atoms with Gasteiger partial charge in [0, 0.05) is 13.0 Å². The van der Waals surface area contributed by atoms with Crippen LogP contribution in [0.15, 0.2) is 36.5 Å². The number of rotatable bonds is 34. The van der Waals surface area contributed by atoms with Gasteiger partial charge in [0.1, 0.15) is 30.5 Å². The lowest BCUT2D eigenvalue weighted by molar-refractivity contribution is -0.301. The van der Waals surface area contributed by atoms with Crippen LogP contribution < -0.4 is 0 Å². The van der Waals surface area contributed by atoms with Crippen molar-refractivity contribution in [3.63, 3.8) is 0 Å². The minimum absolute atomic E-state index is 0.0223. The first-order valence-corrected chi connectivity index (χ1v) is 21.6. The molecule has 1 aliphatic heterocycles. The number of allylic oxidation sites excluding steroid dienone is 6. The first-order chi connectivity index (χ1) is 25.6. The van der Waals surface area contributed by atoms with Crippen molar-refractivity contribution in [2.75, 3.05) is 26.4 Å². The normalized spacial score (nSPS) is 21.7. The molecule has 13 heteroatoms. The summed E-state index contributed by atoms with van der Waals surface area (Å²) in [4.78, 5) is 12.8. The van der Waals surface area contributed by atoms with E-state index in [4.69, 9.17) is 23.5 Å². The largest absolute Gasteiger partial charge is 0.457 e. The van der Waals surface area contributed by atoms with Crippen molar-refractivity contribution in [1.29, 1.82) is 0 Å². The minimum atomic E-state index is -5.06. The molecule has 0 aromatic heterocycles. The van der Waals surface area contributed by atoms with E-state index in [2.05, 4.69) is 54.5 Å². The van der Waals surface area contributed by atoms with Gasteiger partial charge in [-0.15, -0.1) is 0 Å². The van der Waals surface area contributed by atoms with E-state index in [0.29, 0.717) is 13.0 Å². The predicted molar refractivity (Wildman–Crippen MR) is 207 cm³/mol. The molecule has 1 rings (SSSR count). The van der Waals surface area contributed by atoms with Crippen LogP contribution >= 0.6 is 0 Å². The van der Waals surface area contributed by atoms with Gasteiger partial charge < -0.3 is 34.3 Å². The van der Waals surface area contributed by atoms with Crippen LogP contribution in [-0.2, 0) is 38.3 Å². The first-order valence-electron chi connectivity index (χ1n) is 20.2. The predicted octanol–water partition coefficient (Wildman–Crippen LogP) is 7.46. The maximum Gasteiger partial charge on any atom is 0.397 e. The number of carbonyl (C=O) groups excluding carboxylic acids is 1. The topological polar surface area (TPSA) is 178 Å². The van der Waals surface area contributed by atoms with Gasteiger partial charge in [0.05, 0.1) is 19.8 Å². The van der Waals surface area contributed by atoms with Crippen molar-refractivity contribution in [3.05, 3.63) is 36.5 Å². The molecule has 1 fully saturated rings. The van der Waals surface area contributed by atoms with Gasteiger partial charge in [-0.2, -0.15) is 8.42 Å². The molecule has 12 nitrogen and oxygen atoms in total. The molecule has 0 aromatic rings. The van der Waals surface area contributed by atoms with Gasteiger partial charge >= 0.3 is 16.4 Å². The third-order valence-electron chi connectivity index (χ3n) is 9.03. The second-order valence-electron chi connectivity index (χ2n) is 13.9. The Morgan fingerprint density at radius 3 is 1.91 bits per heavy atom.